The van der Waals surface area contributed by atoms with Crippen molar-refractivity contribution in [1.82, 2.24) is 5.32 Å². The third-order valence-electron chi connectivity index (χ3n) is 1.38. The zero-order valence-electron chi connectivity index (χ0n) is 7.63. The minimum Gasteiger partial charge on any atom is -0.469 e. The predicted octanol–water partition coefficient (Wildman–Crippen LogP) is 0.0791. The molecule has 0 rings (SSSR count). The molecule has 4 heteroatoms. The topological polar surface area (TPSA) is 55.4 Å². The second kappa shape index (κ2) is 7.17. The fraction of sp³-hybridized carbons (Fsp3) is 0.556. The van der Waals surface area contributed by atoms with Crippen molar-refractivity contribution in [3.05, 3.63) is 0 Å². The number of methoxy groups -OCH3 is 1. The van der Waals surface area contributed by atoms with Crippen LogP contribution in [-0.4, -0.2) is 25.5 Å². The summed E-state index contributed by atoms with van der Waals surface area (Å²) >= 11 is 0. The average molecular weight is 183 g/mol. The fourth-order valence-electron chi connectivity index (χ4n) is 0.680. The van der Waals surface area contributed by atoms with Crippen molar-refractivity contribution in [1.29, 1.82) is 0 Å². The lowest BCUT2D eigenvalue weighted by molar-refractivity contribution is -0.140. The lowest BCUT2D eigenvalue weighted by Gasteiger charge is -2.01. The largest absolute Gasteiger partial charge is 0.469 e. The molecule has 1 amide bonds. The number of carbonyl (C=O) groups is 2. The highest BCUT2D eigenvalue weighted by molar-refractivity contribution is 5.77. The maximum atomic E-state index is 10.9. The molecule has 0 spiro atoms. The van der Waals surface area contributed by atoms with Gasteiger partial charge < -0.3 is 10.1 Å². The molecule has 4 nitrogen and oxygen atoms in total. The molecule has 0 fully saturated rings. The van der Waals surface area contributed by atoms with E-state index < -0.39 is 0 Å². The Kier molecular flexibility index (Phi) is 6.34. The van der Waals surface area contributed by atoms with Crippen molar-refractivity contribution in [2.75, 3.05) is 13.7 Å². The van der Waals surface area contributed by atoms with Crippen LogP contribution in [0.1, 0.15) is 19.3 Å². The second-order valence-corrected chi connectivity index (χ2v) is 2.38. The van der Waals surface area contributed by atoms with Crippen molar-refractivity contribution >= 4 is 11.9 Å². The number of esters is 1. The number of rotatable bonds is 5. The molecule has 0 atom stereocenters. The SMILES string of the molecule is C#CCCC(=O)NCCC(=O)OC. The molecule has 0 aromatic heterocycles. The maximum absolute atomic E-state index is 10.9. The van der Waals surface area contributed by atoms with Crippen molar-refractivity contribution in [2.45, 2.75) is 19.3 Å². The van der Waals surface area contributed by atoms with Crippen LogP contribution in [0.5, 0.6) is 0 Å². The number of carbonyl (C=O) groups excluding carboxylic acids is 2. The summed E-state index contributed by atoms with van der Waals surface area (Å²) < 4.78 is 4.39. The van der Waals surface area contributed by atoms with Crippen molar-refractivity contribution in [3.8, 4) is 12.3 Å². The molecule has 0 aliphatic rings. The van der Waals surface area contributed by atoms with Gasteiger partial charge in [0.15, 0.2) is 0 Å². The lowest BCUT2D eigenvalue weighted by Crippen LogP contribution is -2.25. The highest BCUT2D eigenvalue weighted by Gasteiger charge is 2.02. The van der Waals surface area contributed by atoms with E-state index in [4.69, 9.17) is 6.42 Å². The molecule has 1 N–H and O–H groups in total. The third-order valence-corrected chi connectivity index (χ3v) is 1.38. The fourth-order valence-corrected chi connectivity index (χ4v) is 0.680. The van der Waals surface area contributed by atoms with Gasteiger partial charge in [0, 0.05) is 19.4 Å². The summed E-state index contributed by atoms with van der Waals surface area (Å²) in [5, 5.41) is 2.55. The number of hydrogen-bond donors (Lipinski definition) is 1. The monoisotopic (exact) mass is 183 g/mol. The number of amides is 1. The first-order valence-corrected chi connectivity index (χ1v) is 3.97. The van der Waals surface area contributed by atoms with E-state index in [1.165, 1.54) is 7.11 Å². The summed E-state index contributed by atoms with van der Waals surface area (Å²) in [5.41, 5.74) is 0. The Morgan fingerprint density at radius 2 is 2.15 bits per heavy atom. The zero-order chi connectivity index (χ0) is 10.1. The van der Waals surface area contributed by atoms with E-state index in [1.807, 2.05) is 0 Å². The summed E-state index contributed by atoms with van der Waals surface area (Å²) in [6.07, 6.45) is 5.89. The van der Waals surface area contributed by atoms with Crippen LogP contribution in [0, 0.1) is 12.3 Å². The molecule has 0 bridgehead atoms. The van der Waals surface area contributed by atoms with Gasteiger partial charge in [-0.2, -0.15) is 0 Å². The standard InChI is InChI=1S/C9H13NO3/c1-3-4-5-8(11)10-7-6-9(12)13-2/h1H,4-7H2,2H3,(H,10,11). The molecule has 13 heavy (non-hydrogen) atoms. The van der Waals surface area contributed by atoms with E-state index in [0.29, 0.717) is 19.4 Å². The van der Waals surface area contributed by atoms with Gasteiger partial charge in [0.05, 0.1) is 13.5 Å². The quantitative estimate of drug-likeness (QED) is 0.485. The molecule has 0 saturated heterocycles. The highest BCUT2D eigenvalue weighted by Crippen LogP contribution is 1.87. The third kappa shape index (κ3) is 6.88. The van der Waals surface area contributed by atoms with Gasteiger partial charge in [0.1, 0.15) is 0 Å². The van der Waals surface area contributed by atoms with Crippen molar-refractivity contribution < 1.29 is 14.3 Å². The predicted molar refractivity (Wildman–Crippen MR) is 47.7 cm³/mol. The summed E-state index contributed by atoms with van der Waals surface area (Å²) in [6, 6.07) is 0. The normalized spacial score (nSPS) is 8.62. The van der Waals surface area contributed by atoms with Crippen LogP contribution in [0.4, 0.5) is 0 Å². The van der Waals surface area contributed by atoms with E-state index in [2.05, 4.69) is 16.0 Å². The van der Waals surface area contributed by atoms with Crippen molar-refractivity contribution in [3.63, 3.8) is 0 Å². The molecule has 0 unspecified atom stereocenters. The summed E-state index contributed by atoms with van der Waals surface area (Å²) in [5.74, 6) is 1.88. The Balaban J connectivity index is 3.38. The smallest absolute Gasteiger partial charge is 0.307 e. The minimum absolute atomic E-state index is 0.137. The molecule has 0 aliphatic heterocycles. The maximum Gasteiger partial charge on any atom is 0.307 e. The number of hydrogen-bond acceptors (Lipinski definition) is 3. The van der Waals surface area contributed by atoms with E-state index in [0.717, 1.165) is 0 Å². The molecule has 0 saturated carbocycles. The Hall–Kier alpha value is -1.50. The molecule has 0 aromatic carbocycles. The zero-order valence-corrected chi connectivity index (χ0v) is 7.63. The summed E-state index contributed by atoms with van der Waals surface area (Å²) in [6.45, 7) is 0.302. The summed E-state index contributed by atoms with van der Waals surface area (Å²) in [4.78, 5) is 21.5. The van der Waals surface area contributed by atoms with Crippen molar-refractivity contribution in [2.24, 2.45) is 0 Å². The van der Waals surface area contributed by atoms with Crippen LogP contribution in [0.15, 0.2) is 0 Å². The van der Waals surface area contributed by atoms with Crippen LogP contribution >= 0.6 is 0 Å². The first-order chi connectivity index (χ1) is 6.20. The first kappa shape index (κ1) is 11.5. The average Bonchev–Trinajstić information content (AvgIpc) is 2.14. The number of nitrogens with one attached hydrogen (secondary N) is 1. The van der Waals surface area contributed by atoms with Crippen LogP contribution in [-0.2, 0) is 14.3 Å². The van der Waals surface area contributed by atoms with E-state index >= 15 is 0 Å². The Morgan fingerprint density at radius 1 is 1.46 bits per heavy atom. The van der Waals surface area contributed by atoms with Crippen LogP contribution in [0.2, 0.25) is 0 Å². The molecule has 72 valence electrons. The molecule has 0 aromatic rings. The van der Waals surface area contributed by atoms with Gasteiger partial charge >= 0.3 is 5.97 Å². The molecule has 0 aliphatic carbocycles. The van der Waals surface area contributed by atoms with Gasteiger partial charge in [0.25, 0.3) is 0 Å². The van der Waals surface area contributed by atoms with Crippen LogP contribution in [0.3, 0.4) is 0 Å². The Morgan fingerprint density at radius 3 is 2.69 bits per heavy atom. The molecule has 0 radical (unpaired) electrons. The van der Waals surface area contributed by atoms with Crippen LogP contribution < -0.4 is 5.32 Å². The lowest BCUT2D eigenvalue weighted by atomic mass is 10.3. The van der Waals surface area contributed by atoms with Gasteiger partial charge in [0.2, 0.25) is 5.91 Å². The van der Waals surface area contributed by atoms with Gasteiger partial charge in [-0.25, -0.2) is 0 Å². The molecular formula is C9H13NO3. The molecule has 0 heterocycles. The van der Waals surface area contributed by atoms with Gasteiger partial charge in [-0.1, -0.05) is 0 Å². The highest BCUT2D eigenvalue weighted by atomic mass is 16.5. The summed E-state index contributed by atoms with van der Waals surface area (Å²) in [7, 11) is 1.31. The molecular weight excluding hydrogens is 170 g/mol. The van der Waals surface area contributed by atoms with Gasteiger partial charge in [-0.15, -0.1) is 12.3 Å². The van der Waals surface area contributed by atoms with Gasteiger partial charge in [-0.05, 0) is 0 Å². The van der Waals surface area contributed by atoms with Crippen LogP contribution in [0.25, 0.3) is 0 Å². The van der Waals surface area contributed by atoms with Gasteiger partial charge in [-0.3, -0.25) is 9.59 Å². The first-order valence-electron chi connectivity index (χ1n) is 3.97. The Bertz CT molecular complexity index is 217. The Labute approximate surface area is 77.6 Å². The van der Waals surface area contributed by atoms with E-state index in [-0.39, 0.29) is 18.3 Å². The number of terminal acetylenes is 1. The second-order valence-electron chi connectivity index (χ2n) is 2.38. The minimum atomic E-state index is -0.336. The van der Waals surface area contributed by atoms with E-state index in [9.17, 15) is 9.59 Å². The number of ether oxygens (including phenoxy) is 1. The van der Waals surface area contributed by atoms with E-state index in [1.54, 1.807) is 0 Å².